The molecule has 0 bridgehead atoms. The topological polar surface area (TPSA) is 152 Å². The Kier molecular flexibility index (Phi) is 71.2. The first-order valence-electron chi connectivity index (χ1n) is 4.46. The number of rotatable bonds is 2. The van der Waals surface area contributed by atoms with Gasteiger partial charge in [-0.25, -0.2) is 0 Å². The quantitative estimate of drug-likeness (QED) is 0.457. The molecule has 8 nitrogen and oxygen atoms in total. The van der Waals surface area contributed by atoms with Crippen molar-refractivity contribution in [1.82, 2.24) is 0 Å². The first kappa shape index (κ1) is 36.3. The maximum atomic E-state index is 10.0. The Morgan fingerprint density at radius 3 is 1.23 bits per heavy atom. The minimum atomic E-state index is 0. The molecule has 22 heavy (non-hydrogen) atoms. The zero-order valence-corrected chi connectivity index (χ0v) is 12.8. The van der Waals surface area contributed by atoms with Crippen LogP contribution < -0.4 is 4.90 Å². The average molecular weight is 336 g/mol. The molecule has 1 aromatic rings. The smallest absolute Gasteiger partial charge is 0.512 e. The van der Waals surface area contributed by atoms with Crippen LogP contribution in [0.2, 0.25) is 0 Å². The predicted octanol–water partition coefficient (Wildman–Crippen LogP) is 2.63. The summed E-state index contributed by atoms with van der Waals surface area (Å²) in [7, 11) is 3.90. The van der Waals surface area contributed by atoms with E-state index in [1.807, 2.05) is 31.1 Å². The fourth-order valence-corrected chi connectivity index (χ4v) is 0.812. The van der Waals surface area contributed by atoms with Crippen LogP contribution in [-0.4, -0.2) is 14.1 Å². The molecule has 0 amide bonds. The van der Waals surface area contributed by atoms with Crippen molar-refractivity contribution in [2.24, 2.45) is 5.18 Å². The summed E-state index contributed by atoms with van der Waals surface area (Å²) in [5.41, 5.74) is 1.54. The Bertz CT molecular complexity index is 398. The molecule has 110 valence electrons. The SMILES string of the molecule is CN(C)c1ccc(N=O)cc1.[C-]#N.[C-]#N.[C-]#N.[C-]#N.[C-]#N.[Fe+6]. The first-order valence-corrected chi connectivity index (χ1v) is 4.46. The van der Waals surface area contributed by atoms with Gasteiger partial charge in [0.15, 0.2) is 0 Å². The molecule has 1 rings (SSSR count). The molecule has 1 aromatic carbocycles. The van der Waals surface area contributed by atoms with Gasteiger partial charge >= 0.3 is 17.1 Å². The van der Waals surface area contributed by atoms with Crippen LogP contribution in [0.1, 0.15) is 0 Å². The maximum Gasteiger partial charge on any atom is 6.00 e. The number of benzene rings is 1. The van der Waals surface area contributed by atoms with Gasteiger partial charge in [-0.3, -0.25) is 0 Å². The summed E-state index contributed by atoms with van der Waals surface area (Å²) in [6.45, 7) is 23.8. The van der Waals surface area contributed by atoms with Crippen LogP contribution in [0.15, 0.2) is 29.4 Å². The molecular formula is C13H10FeN7O+. The molecule has 0 saturated heterocycles. The monoisotopic (exact) mass is 336 g/mol. The Morgan fingerprint density at radius 1 is 0.773 bits per heavy atom. The second kappa shape index (κ2) is 43.2. The Balaban J connectivity index is -0.0000000500. The molecule has 0 aliphatic heterocycles. The normalized spacial score (nSPS) is 5.09. The minimum Gasteiger partial charge on any atom is -0.512 e. The van der Waals surface area contributed by atoms with Crippen molar-refractivity contribution in [2.75, 3.05) is 19.0 Å². The van der Waals surface area contributed by atoms with Crippen LogP contribution >= 0.6 is 0 Å². The van der Waals surface area contributed by atoms with Crippen LogP contribution in [0.4, 0.5) is 11.4 Å². The van der Waals surface area contributed by atoms with E-state index in [1.54, 1.807) is 12.1 Å². The van der Waals surface area contributed by atoms with Gasteiger partial charge in [0.2, 0.25) is 0 Å². The molecule has 0 unspecified atom stereocenters. The number of anilines is 1. The van der Waals surface area contributed by atoms with E-state index in [0.29, 0.717) is 5.69 Å². The Labute approximate surface area is 141 Å². The summed E-state index contributed by atoms with van der Waals surface area (Å²) in [6, 6.07) is 7.11. The molecule has 0 fully saturated rings. The van der Waals surface area contributed by atoms with Crippen LogP contribution in [0.3, 0.4) is 0 Å². The Hall–Kier alpha value is -3.41. The van der Waals surface area contributed by atoms with Gasteiger partial charge in [0.05, 0.1) is 0 Å². The minimum absolute atomic E-state index is 0. The maximum absolute atomic E-state index is 10.0. The number of hydrogen-bond acceptors (Lipinski definition) is 8. The van der Waals surface area contributed by atoms with Crippen LogP contribution in [0.5, 0.6) is 0 Å². The van der Waals surface area contributed by atoms with Crippen LogP contribution in [-0.2, 0) is 17.1 Å². The molecular weight excluding hydrogens is 326 g/mol. The fraction of sp³-hybridized carbons (Fsp3) is 0.154. The van der Waals surface area contributed by atoms with Gasteiger partial charge in [0.25, 0.3) is 0 Å². The summed E-state index contributed by atoms with van der Waals surface area (Å²) >= 11 is 0. The third-order valence-corrected chi connectivity index (χ3v) is 1.47. The van der Waals surface area contributed by atoms with Crippen molar-refractivity contribution in [3.8, 4) is 0 Å². The zero-order chi connectivity index (χ0) is 18.3. The number of nitroso groups, excluding NO2 is 1. The standard InChI is InChI=1S/C8H10N2O.5CN.Fe/c1-10(2)8-5-3-7(9-11)4-6-8;5*1-2;/h3-6H,1-2H3;;;;;;/q;5*-1;+6. The van der Waals surface area contributed by atoms with E-state index in [-0.39, 0.29) is 17.1 Å². The predicted molar refractivity (Wildman–Crippen MR) is 71.1 cm³/mol. The van der Waals surface area contributed by atoms with Crippen molar-refractivity contribution in [1.29, 1.82) is 26.3 Å². The summed E-state index contributed by atoms with van der Waals surface area (Å²) < 4.78 is 0. The third-order valence-electron chi connectivity index (χ3n) is 1.47. The molecule has 9 heteroatoms. The van der Waals surface area contributed by atoms with Gasteiger partial charge in [-0.1, -0.05) is 0 Å². The largest absolute Gasteiger partial charge is 6.00 e. The molecule has 0 saturated carbocycles. The van der Waals surface area contributed by atoms with Gasteiger partial charge in [-0.15, -0.1) is 4.91 Å². The molecule has 0 spiro atoms. The van der Waals surface area contributed by atoms with Crippen molar-refractivity contribution in [3.63, 3.8) is 0 Å². The molecule has 0 aromatic heterocycles. The van der Waals surface area contributed by atoms with Gasteiger partial charge in [0.1, 0.15) is 5.69 Å². The van der Waals surface area contributed by atoms with Gasteiger partial charge in [0, 0.05) is 19.8 Å². The van der Waals surface area contributed by atoms with Gasteiger partial charge < -0.3 is 64.1 Å². The fourth-order valence-electron chi connectivity index (χ4n) is 0.812. The molecule has 0 aliphatic carbocycles. The van der Waals surface area contributed by atoms with E-state index in [1.165, 1.54) is 0 Å². The number of nitrogens with zero attached hydrogens (tertiary/aromatic N) is 7. The second-order valence-corrected chi connectivity index (χ2v) is 2.50. The summed E-state index contributed by atoms with van der Waals surface area (Å²) in [5.74, 6) is 0. The summed E-state index contributed by atoms with van der Waals surface area (Å²) in [6.07, 6.45) is 0. The van der Waals surface area contributed by atoms with Crippen molar-refractivity contribution >= 4 is 11.4 Å². The van der Waals surface area contributed by atoms with Crippen molar-refractivity contribution < 1.29 is 17.1 Å². The summed E-state index contributed by atoms with van der Waals surface area (Å²) in [5, 5.41) is 34.1. The van der Waals surface area contributed by atoms with Crippen LogP contribution in [0.25, 0.3) is 0 Å². The zero-order valence-electron chi connectivity index (χ0n) is 11.7. The first-order chi connectivity index (χ1) is 10.2. The van der Waals surface area contributed by atoms with E-state index in [0.717, 1.165) is 5.69 Å². The van der Waals surface area contributed by atoms with E-state index < -0.39 is 0 Å². The van der Waals surface area contributed by atoms with Gasteiger partial charge in [-0.2, -0.15) is 0 Å². The molecule has 0 radical (unpaired) electrons. The van der Waals surface area contributed by atoms with Gasteiger partial charge in [-0.05, 0) is 29.4 Å². The molecule has 0 atom stereocenters. The average Bonchev–Trinajstić information content (AvgIpc) is 2.63. The van der Waals surface area contributed by atoms with Crippen LogP contribution in [0, 0.1) is 64.1 Å². The third kappa shape index (κ3) is 25.4. The second-order valence-electron chi connectivity index (χ2n) is 2.50. The van der Waals surface area contributed by atoms with E-state index >= 15 is 0 Å². The number of hydrogen-bond donors (Lipinski definition) is 0. The van der Waals surface area contributed by atoms with Crippen molar-refractivity contribution in [3.05, 3.63) is 62.0 Å². The van der Waals surface area contributed by atoms with E-state index in [4.69, 9.17) is 59.2 Å². The molecule has 0 heterocycles. The Morgan fingerprint density at radius 2 is 1.05 bits per heavy atom. The summed E-state index contributed by atoms with van der Waals surface area (Å²) in [4.78, 5) is 12.0. The van der Waals surface area contributed by atoms with E-state index in [2.05, 4.69) is 5.18 Å². The van der Waals surface area contributed by atoms with Crippen molar-refractivity contribution in [2.45, 2.75) is 0 Å². The molecule has 0 N–H and O–H groups in total. The van der Waals surface area contributed by atoms with E-state index in [9.17, 15) is 4.91 Å². The molecule has 0 aliphatic rings.